The molecule has 5 rings (SSSR count). The lowest BCUT2D eigenvalue weighted by molar-refractivity contribution is -0.135. The number of carbonyl (C=O) groups is 1. The summed E-state index contributed by atoms with van der Waals surface area (Å²) >= 11 is 1.55. The summed E-state index contributed by atoms with van der Waals surface area (Å²) in [4.78, 5) is 20.2. The first-order chi connectivity index (χ1) is 15.8. The van der Waals surface area contributed by atoms with Gasteiger partial charge in [0.15, 0.2) is 0 Å². The molecule has 3 N–H and O–H groups in total. The van der Waals surface area contributed by atoms with E-state index < -0.39 is 11.6 Å². The number of thiazole rings is 1. The summed E-state index contributed by atoms with van der Waals surface area (Å²) in [6, 6.07) is 10.1. The van der Waals surface area contributed by atoms with E-state index in [1.165, 1.54) is 6.07 Å². The molecule has 3 aromatic rings. The number of hydrogen-bond acceptors (Lipinski definition) is 5. The van der Waals surface area contributed by atoms with Gasteiger partial charge in [0.25, 0.3) is 0 Å². The van der Waals surface area contributed by atoms with Crippen molar-refractivity contribution in [2.75, 3.05) is 6.54 Å². The van der Waals surface area contributed by atoms with E-state index >= 15 is 0 Å². The highest BCUT2D eigenvalue weighted by molar-refractivity contribution is 7.10. The van der Waals surface area contributed by atoms with Crippen LogP contribution in [0.5, 0.6) is 0 Å². The molecule has 1 aromatic heterocycles. The number of nitrogens with zero attached hydrogens (tertiary/aromatic N) is 2. The van der Waals surface area contributed by atoms with Crippen LogP contribution in [0.25, 0.3) is 22.0 Å². The molecule has 0 unspecified atom stereocenters. The van der Waals surface area contributed by atoms with Crippen LogP contribution in [0.2, 0.25) is 0 Å². The molecular weight excluding hydrogens is 437 g/mol. The average Bonchev–Trinajstić information content (AvgIpc) is 3.48. The summed E-state index contributed by atoms with van der Waals surface area (Å²) in [5, 5.41) is 14.6. The molecule has 0 bridgehead atoms. The van der Waals surface area contributed by atoms with E-state index in [-0.39, 0.29) is 23.7 Å². The number of amides is 1. The van der Waals surface area contributed by atoms with Crippen LogP contribution in [0.1, 0.15) is 56.5 Å². The Morgan fingerprint density at radius 3 is 2.70 bits per heavy atom. The lowest BCUT2D eigenvalue weighted by Crippen LogP contribution is -2.49. The third kappa shape index (κ3) is 4.29. The Labute approximate surface area is 197 Å². The quantitative estimate of drug-likeness (QED) is 0.564. The number of benzene rings is 2. The van der Waals surface area contributed by atoms with Crippen molar-refractivity contribution in [1.82, 2.24) is 9.88 Å². The molecule has 2 aromatic carbocycles. The molecule has 1 saturated heterocycles. The van der Waals surface area contributed by atoms with Gasteiger partial charge in [0, 0.05) is 22.9 Å². The first-order valence-corrected chi connectivity index (χ1v) is 12.6. The topological polar surface area (TPSA) is 79.5 Å². The van der Waals surface area contributed by atoms with Crippen molar-refractivity contribution >= 4 is 28.0 Å². The number of carbonyl (C=O) groups excluding carboxylic acids is 1. The molecule has 33 heavy (non-hydrogen) atoms. The monoisotopic (exact) mass is 467 g/mol. The zero-order valence-corrected chi connectivity index (χ0v) is 19.7. The standard InChI is InChI=1S/C26H30FN3O2S/c1-26(32)12-10-16(11-13-26)23(28)25(31)30-14-4-7-22(30)24-29-21(15-33-24)19-8-9-20(27)18-6-3-2-5-17(18)19/h2-3,5-6,8-9,15-16,22-23,32H,4,7,10-14,28H2,1H3/t16-,22-,23-,26+/m0/s1. The second-order valence-electron chi connectivity index (χ2n) is 9.76. The number of nitrogens with two attached hydrogens (primary N) is 1. The maximum absolute atomic E-state index is 14.3. The fourth-order valence-corrected chi connectivity index (χ4v) is 6.32. The maximum Gasteiger partial charge on any atom is 0.240 e. The van der Waals surface area contributed by atoms with E-state index in [1.54, 1.807) is 23.5 Å². The van der Waals surface area contributed by atoms with Crippen molar-refractivity contribution in [3.8, 4) is 11.3 Å². The molecule has 2 fully saturated rings. The second kappa shape index (κ2) is 8.78. The van der Waals surface area contributed by atoms with Crippen LogP contribution in [0.15, 0.2) is 41.8 Å². The Balaban J connectivity index is 1.36. The number of halogens is 1. The van der Waals surface area contributed by atoms with Gasteiger partial charge in [-0.3, -0.25) is 4.79 Å². The Hall–Kier alpha value is -2.35. The fourth-order valence-electron chi connectivity index (χ4n) is 5.35. The van der Waals surface area contributed by atoms with E-state index in [0.29, 0.717) is 24.8 Å². The van der Waals surface area contributed by atoms with Crippen LogP contribution < -0.4 is 5.73 Å². The second-order valence-corrected chi connectivity index (χ2v) is 10.7. The minimum atomic E-state index is -0.642. The number of aromatic nitrogens is 1. The highest BCUT2D eigenvalue weighted by Crippen LogP contribution is 2.39. The van der Waals surface area contributed by atoms with Crippen molar-refractivity contribution < 1.29 is 14.3 Å². The Morgan fingerprint density at radius 2 is 1.94 bits per heavy atom. The van der Waals surface area contributed by atoms with E-state index in [0.717, 1.165) is 47.3 Å². The van der Waals surface area contributed by atoms with Gasteiger partial charge in [0.2, 0.25) is 5.91 Å². The number of fused-ring (bicyclic) bond motifs is 1. The summed E-state index contributed by atoms with van der Waals surface area (Å²) in [5.41, 5.74) is 7.52. The molecule has 2 aliphatic rings. The van der Waals surface area contributed by atoms with Crippen LogP contribution in [0.4, 0.5) is 4.39 Å². The molecule has 174 valence electrons. The van der Waals surface area contributed by atoms with Crippen molar-refractivity contribution in [2.45, 2.75) is 63.1 Å². The normalized spacial score (nSPS) is 26.6. The smallest absolute Gasteiger partial charge is 0.240 e. The van der Waals surface area contributed by atoms with Gasteiger partial charge in [-0.2, -0.15) is 0 Å². The van der Waals surface area contributed by atoms with Gasteiger partial charge < -0.3 is 15.7 Å². The zero-order chi connectivity index (χ0) is 23.2. The van der Waals surface area contributed by atoms with E-state index in [9.17, 15) is 14.3 Å². The molecule has 2 atom stereocenters. The van der Waals surface area contributed by atoms with Crippen LogP contribution in [-0.2, 0) is 4.79 Å². The third-order valence-electron chi connectivity index (χ3n) is 7.39. The molecule has 0 spiro atoms. The summed E-state index contributed by atoms with van der Waals surface area (Å²) in [7, 11) is 0. The lowest BCUT2D eigenvalue weighted by atomic mass is 9.76. The van der Waals surface area contributed by atoms with Gasteiger partial charge in [0.1, 0.15) is 10.8 Å². The van der Waals surface area contributed by atoms with Gasteiger partial charge in [-0.05, 0) is 68.9 Å². The van der Waals surface area contributed by atoms with Gasteiger partial charge in [-0.1, -0.05) is 24.3 Å². The summed E-state index contributed by atoms with van der Waals surface area (Å²) in [6.07, 6.45) is 4.72. The summed E-state index contributed by atoms with van der Waals surface area (Å²) in [5.74, 6) is -0.139. The van der Waals surface area contributed by atoms with Crippen LogP contribution in [0, 0.1) is 11.7 Å². The molecular formula is C26H30FN3O2S. The van der Waals surface area contributed by atoms with Crippen LogP contribution in [0.3, 0.4) is 0 Å². The predicted molar refractivity (Wildman–Crippen MR) is 129 cm³/mol. The highest BCUT2D eigenvalue weighted by atomic mass is 32.1. The zero-order valence-electron chi connectivity index (χ0n) is 18.8. The van der Waals surface area contributed by atoms with Crippen molar-refractivity contribution in [3.63, 3.8) is 0 Å². The lowest BCUT2D eigenvalue weighted by Gasteiger charge is -2.37. The Morgan fingerprint density at radius 1 is 1.21 bits per heavy atom. The van der Waals surface area contributed by atoms with Gasteiger partial charge >= 0.3 is 0 Å². The molecule has 1 saturated carbocycles. The number of hydrogen-bond donors (Lipinski definition) is 2. The number of rotatable bonds is 4. The average molecular weight is 468 g/mol. The first kappa shape index (κ1) is 22.4. The van der Waals surface area contributed by atoms with Crippen molar-refractivity contribution in [2.24, 2.45) is 11.7 Å². The molecule has 1 aliphatic heterocycles. The molecule has 5 nitrogen and oxygen atoms in total. The van der Waals surface area contributed by atoms with Gasteiger partial charge in [0.05, 0.1) is 23.4 Å². The van der Waals surface area contributed by atoms with E-state index in [2.05, 4.69) is 0 Å². The molecule has 0 radical (unpaired) electrons. The Kier molecular flexibility index (Phi) is 5.97. The molecule has 7 heteroatoms. The van der Waals surface area contributed by atoms with Crippen molar-refractivity contribution in [3.05, 3.63) is 52.6 Å². The van der Waals surface area contributed by atoms with Gasteiger partial charge in [-0.15, -0.1) is 11.3 Å². The number of aliphatic hydroxyl groups is 1. The summed E-state index contributed by atoms with van der Waals surface area (Å²) < 4.78 is 14.3. The molecule has 1 amide bonds. The summed E-state index contributed by atoms with van der Waals surface area (Å²) in [6.45, 7) is 2.55. The largest absolute Gasteiger partial charge is 0.390 e. The van der Waals surface area contributed by atoms with Gasteiger partial charge in [-0.25, -0.2) is 9.37 Å². The minimum absolute atomic E-state index is 0.00646. The Bertz CT molecular complexity index is 1170. The first-order valence-electron chi connectivity index (χ1n) is 11.8. The highest BCUT2D eigenvalue weighted by Gasteiger charge is 2.39. The van der Waals surface area contributed by atoms with Crippen LogP contribution >= 0.6 is 11.3 Å². The molecule has 2 heterocycles. The minimum Gasteiger partial charge on any atom is -0.390 e. The number of likely N-dealkylation sites (tertiary alicyclic amines) is 1. The SMILES string of the molecule is C[C@]1(O)CC[C@@H]([C@H](N)C(=O)N2CCC[C@H]2c2nc(-c3ccc(F)c4ccccc34)cs2)CC1. The predicted octanol–water partition coefficient (Wildman–Crippen LogP) is 5.03. The van der Waals surface area contributed by atoms with E-state index in [1.807, 2.05) is 35.4 Å². The van der Waals surface area contributed by atoms with E-state index in [4.69, 9.17) is 10.7 Å². The van der Waals surface area contributed by atoms with Crippen molar-refractivity contribution in [1.29, 1.82) is 0 Å². The molecule has 1 aliphatic carbocycles. The fraction of sp³-hybridized carbons (Fsp3) is 0.462. The van der Waals surface area contributed by atoms with Crippen LogP contribution in [-0.4, -0.2) is 39.1 Å². The maximum atomic E-state index is 14.3. The third-order valence-corrected chi connectivity index (χ3v) is 8.34.